The Kier molecular flexibility index (Phi) is 3.71. The number of hydrogen-bond donors (Lipinski definition) is 0. The topological polar surface area (TPSA) is 33.0 Å². The van der Waals surface area contributed by atoms with E-state index in [-0.39, 0.29) is 11.3 Å². The van der Waals surface area contributed by atoms with Crippen LogP contribution in [-0.2, 0) is 0 Å². The van der Waals surface area contributed by atoms with Crippen molar-refractivity contribution in [1.29, 1.82) is 5.26 Å². The maximum absolute atomic E-state index is 13.6. The van der Waals surface area contributed by atoms with E-state index in [0.29, 0.717) is 11.1 Å². The van der Waals surface area contributed by atoms with Gasteiger partial charge in [-0.2, -0.15) is 14.0 Å². The second-order valence-corrected chi connectivity index (χ2v) is 3.68. The van der Waals surface area contributed by atoms with E-state index in [0.717, 1.165) is 0 Å². The Morgan fingerprint density at radius 3 is 2.47 bits per heavy atom. The smallest absolute Gasteiger partial charge is 0.387 e. The molecule has 0 amide bonds. The Labute approximate surface area is 107 Å². The minimum Gasteiger partial charge on any atom is -0.433 e. The number of hydrogen-bond acceptors (Lipinski definition) is 2. The summed E-state index contributed by atoms with van der Waals surface area (Å²) >= 11 is 0. The van der Waals surface area contributed by atoms with Gasteiger partial charge in [0.05, 0.1) is 5.56 Å². The van der Waals surface area contributed by atoms with Crippen molar-refractivity contribution in [3.63, 3.8) is 0 Å². The molecule has 2 rings (SSSR count). The van der Waals surface area contributed by atoms with Crippen LogP contribution in [0.2, 0.25) is 0 Å². The van der Waals surface area contributed by atoms with Crippen molar-refractivity contribution in [3.8, 4) is 22.9 Å². The molecule has 0 fully saturated rings. The largest absolute Gasteiger partial charge is 0.433 e. The lowest BCUT2D eigenvalue weighted by molar-refractivity contribution is -0.0500. The maximum Gasteiger partial charge on any atom is 0.387 e. The molecule has 19 heavy (non-hydrogen) atoms. The van der Waals surface area contributed by atoms with E-state index in [1.807, 2.05) is 0 Å². The summed E-state index contributed by atoms with van der Waals surface area (Å²) in [7, 11) is 0. The molecule has 0 aliphatic carbocycles. The maximum atomic E-state index is 13.6. The van der Waals surface area contributed by atoms with Gasteiger partial charge < -0.3 is 4.74 Å². The Morgan fingerprint density at radius 2 is 1.84 bits per heavy atom. The van der Waals surface area contributed by atoms with Gasteiger partial charge in [0.1, 0.15) is 17.6 Å². The Morgan fingerprint density at radius 1 is 1.11 bits per heavy atom. The summed E-state index contributed by atoms with van der Waals surface area (Å²) in [6.45, 7) is -3.01. The first kappa shape index (κ1) is 13.0. The fourth-order valence-electron chi connectivity index (χ4n) is 1.68. The highest BCUT2D eigenvalue weighted by molar-refractivity contribution is 5.67. The van der Waals surface area contributed by atoms with Crippen LogP contribution in [0.4, 0.5) is 13.2 Å². The van der Waals surface area contributed by atoms with Crippen LogP contribution in [-0.4, -0.2) is 6.61 Å². The summed E-state index contributed by atoms with van der Waals surface area (Å²) in [6.07, 6.45) is 0. The van der Waals surface area contributed by atoms with Crippen molar-refractivity contribution < 1.29 is 17.9 Å². The summed E-state index contributed by atoms with van der Waals surface area (Å²) in [4.78, 5) is 0. The third-order valence-electron chi connectivity index (χ3n) is 2.50. The second-order valence-electron chi connectivity index (χ2n) is 3.68. The van der Waals surface area contributed by atoms with Crippen molar-refractivity contribution in [2.75, 3.05) is 0 Å². The fourth-order valence-corrected chi connectivity index (χ4v) is 1.68. The minimum absolute atomic E-state index is 0.0685. The van der Waals surface area contributed by atoms with E-state index in [2.05, 4.69) is 4.74 Å². The molecule has 0 atom stereocenters. The molecule has 96 valence electrons. The average Bonchev–Trinajstić information content (AvgIpc) is 2.39. The number of nitrogens with zero attached hydrogens (tertiary/aromatic N) is 1. The summed E-state index contributed by atoms with van der Waals surface area (Å²) in [5.41, 5.74) is 0.653. The molecule has 0 saturated carbocycles. The average molecular weight is 263 g/mol. The van der Waals surface area contributed by atoms with Crippen LogP contribution < -0.4 is 4.74 Å². The molecule has 0 aliphatic heterocycles. The lowest BCUT2D eigenvalue weighted by Gasteiger charge is -2.09. The third kappa shape index (κ3) is 2.86. The molecule has 0 aliphatic rings. The van der Waals surface area contributed by atoms with Gasteiger partial charge in [0.25, 0.3) is 0 Å². The number of nitriles is 1. The van der Waals surface area contributed by atoms with Crippen LogP contribution >= 0.6 is 0 Å². The van der Waals surface area contributed by atoms with E-state index < -0.39 is 12.4 Å². The van der Waals surface area contributed by atoms with E-state index in [4.69, 9.17) is 5.26 Å². The van der Waals surface area contributed by atoms with Crippen LogP contribution in [0.25, 0.3) is 11.1 Å². The molecule has 2 nitrogen and oxygen atoms in total. The standard InChI is InChI=1S/C14H8F3NO/c15-12-4-2-1-3-11(12)9-5-6-13(19-14(16)17)10(7-9)8-18/h1-7,14H. The SMILES string of the molecule is N#Cc1cc(-c2ccccc2F)ccc1OC(F)F. The van der Waals surface area contributed by atoms with Crippen LogP contribution in [0.15, 0.2) is 42.5 Å². The Balaban J connectivity index is 2.46. The third-order valence-corrected chi connectivity index (χ3v) is 2.50. The molecule has 0 radical (unpaired) electrons. The van der Waals surface area contributed by atoms with Gasteiger partial charge in [0.2, 0.25) is 0 Å². The first-order valence-electron chi connectivity index (χ1n) is 5.35. The molecule has 0 bridgehead atoms. The van der Waals surface area contributed by atoms with Gasteiger partial charge in [0, 0.05) is 5.56 Å². The summed E-state index contributed by atoms with van der Waals surface area (Å²) < 4.78 is 42.1. The number of benzene rings is 2. The van der Waals surface area contributed by atoms with Gasteiger partial charge in [-0.25, -0.2) is 4.39 Å². The first-order chi connectivity index (χ1) is 9.11. The van der Waals surface area contributed by atoms with Crippen molar-refractivity contribution in [2.45, 2.75) is 6.61 Å². The van der Waals surface area contributed by atoms with Crippen molar-refractivity contribution >= 4 is 0 Å². The number of alkyl halides is 2. The molecule has 0 unspecified atom stereocenters. The van der Waals surface area contributed by atoms with Gasteiger partial charge >= 0.3 is 6.61 Å². The minimum atomic E-state index is -3.01. The zero-order valence-corrected chi connectivity index (χ0v) is 9.61. The zero-order chi connectivity index (χ0) is 13.8. The molecule has 5 heteroatoms. The van der Waals surface area contributed by atoms with E-state index in [1.54, 1.807) is 18.2 Å². The molecule has 0 saturated heterocycles. The first-order valence-corrected chi connectivity index (χ1v) is 5.35. The van der Waals surface area contributed by atoms with Crippen molar-refractivity contribution in [2.24, 2.45) is 0 Å². The van der Waals surface area contributed by atoms with Gasteiger partial charge in [-0.05, 0) is 23.8 Å². The highest BCUT2D eigenvalue weighted by Crippen LogP contribution is 2.28. The molecule has 0 spiro atoms. The van der Waals surface area contributed by atoms with Gasteiger partial charge in [-0.1, -0.05) is 24.3 Å². The van der Waals surface area contributed by atoms with Crippen molar-refractivity contribution in [3.05, 3.63) is 53.8 Å². The Hall–Kier alpha value is -2.48. The van der Waals surface area contributed by atoms with Crippen LogP contribution in [0.5, 0.6) is 5.75 Å². The summed E-state index contributed by atoms with van der Waals surface area (Å²) in [5.74, 6) is -0.675. The molecular weight excluding hydrogens is 255 g/mol. The summed E-state index contributed by atoms with van der Waals surface area (Å²) in [6, 6.07) is 11.7. The van der Waals surface area contributed by atoms with Crippen LogP contribution in [0.3, 0.4) is 0 Å². The highest BCUT2D eigenvalue weighted by Gasteiger charge is 2.12. The second kappa shape index (κ2) is 5.44. The number of rotatable bonds is 3. The lowest BCUT2D eigenvalue weighted by Crippen LogP contribution is -2.03. The van der Waals surface area contributed by atoms with Crippen LogP contribution in [0, 0.1) is 17.1 Å². The number of halogens is 3. The molecule has 0 heterocycles. The predicted molar refractivity (Wildman–Crippen MR) is 63.2 cm³/mol. The normalized spacial score (nSPS) is 10.3. The number of ether oxygens (including phenoxy) is 1. The quantitative estimate of drug-likeness (QED) is 0.839. The molecular formula is C14H8F3NO. The monoisotopic (exact) mass is 263 g/mol. The molecule has 0 N–H and O–H groups in total. The zero-order valence-electron chi connectivity index (χ0n) is 9.61. The van der Waals surface area contributed by atoms with Crippen LogP contribution in [0.1, 0.15) is 5.56 Å². The lowest BCUT2D eigenvalue weighted by atomic mass is 10.0. The molecule has 2 aromatic carbocycles. The van der Waals surface area contributed by atoms with Gasteiger partial charge in [-0.15, -0.1) is 0 Å². The highest BCUT2D eigenvalue weighted by atomic mass is 19.3. The van der Waals surface area contributed by atoms with Gasteiger partial charge in [-0.3, -0.25) is 0 Å². The Bertz CT molecular complexity index is 635. The van der Waals surface area contributed by atoms with E-state index in [9.17, 15) is 13.2 Å². The molecule has 0 aromatic heterocycles. The predicted octanol–water partition coefficient (Wildman–Crippen LogP) is 3.97. The summed E-state index contributed by atoms with van der Waals surface area (Å²) in [5, 5.41) is 8.90. The van der Waals surface area contributed by atoms with Gasteiger partial charge in [0.15, 0.2) is 0 Å². The van der Waals surface area contributed by atoms with E-state index >= 15 is 0 Å². The van der Waals surface area contributed by atoms with E-state index in [1.165, 1.54) is 30.3 Å². The molecule has 2 aromatic rings. The van der Waals surface area contributed by atoms with Crippen molar-refractivity contribution in [1.82, 2.24) is 0 Å². The fraction of sp³-hybridized carbons (Fsp3) is 0.0714.